The lowest BCUT2D eigenvalue weighted by Gasteiger charge is -2.29. The number of nitrogens with one attached hydrogen (secondary N) is 2. The van der Waals surface area contributed by atoms with Crippen LogP contribution in [-0.4, -0.2) is 50.9 Å². The van der Waals surface area contributed by atoms with E-state index < -0.39 is 0 Å². The molecule has 28 heavy (non-hydrogen) atoms. The van der Waals surface area contributed by atoms with Crippen molar-refractivity contribution in [1.82, 2.24) is 14.7 Å². The van der Waals surface area contributed by atoms with Crippen LogP contribution in [0.4, 0.5) is 16.3 Å². The number of hydrogen-bond acceptors (Lipinski definition) is 4. The van der Waals surface area contributed by atoms with Crippen molar-refractivity contribution in [2.45, 2.75) is 38.7 Å². The molecule has 0 atom stereocenters. The van der Waals surface area contributed by atoms with Gasteiger partial charge < -0.3 is 15.3 Å². The van der Waals surface area contributed by atoms with Crippen LogP contribution in [0.5, 0.6) is 0 Å². The largest absolute Gasteiger partial charge is 0.393 e. The summed E-state index contributed by atoms with van der Waals surface area (Å²) in [6.45, 7) is 5.19. The number of aromatic nitrogens is 2. The first-order valence-electron chi connectivity index (χ1n) is 9.53. The molecule has 0 spiro atoms. The minimum Gasteiger partial charge on any atom is -0.393 e. The van der Waals surface area contributed by atoms with E-state index in [0.29, 0.717) is 43.4 Å². The summed E-state index contributed by atoms with van der Waals surface area (Å²) in [6, 6.07) is 9.01. The van der Waals surface area contributed by atoms with Gasteiger partial charge in [-0.15, -0.1) is 0 Å². The number of amides is 3. The summed E-state index contributed by atoms with van der Waals surface area (Å²) in [5.74, 6) is 0.392. The van der Waals surface area contributed by atoms with Crippen LogP contribution in [0.2, 0.25) is 0 Å². The number of hydrogen-bond donors (Lipinski definition) is 3. The van der Waals surface area contributed by atoms with E-state index in [1.54, 1.807) is 18.0 Å². The van der Waals surface area contributed by atoms with Crippen molar-refractivity contribution in [2.75, 3.05) is 23.7 Å². The fraction of sp³-hybridized carbons (Fsp3) is 0.450. The predicted octanol–water partition coefficient (Wildman–Crippen LogP) is 2.78. The van der Waals surface area contributed by atoms with Crippen LogP contribution in [0.3, 0.4) is 0 Å². The van der Waals surface area contributed by atoms with Crippen molar-refractivity contribution in [3.05, 3.63) is 41.6 Å². The maximum Gasteiger partial charge on any atom is 0.323 e. The molecule has 1 aromatic heterocycles. The number of likely N-dealkylation sites (tertiary alicyclic amines) is 1. The Labute approximate surface area is 164 Å². The second kappa shape index (κ2) is 8.43. The monoisotopic (exact) mass is 385 g/mol. The second-order valence-electron chi connectivity index (χ2n) is 7.42. The third-order valence-electron chi connectivity index (χ3n) is 4.91. The molecule has 3 rings (SSSR count). The van der Waals surface area contributed by atoms with E-state index in [-0.39, 0.29) is 18.0 Å². The molecule has 0 bridgehead atoms. The summed E-state index contributed by atoms with van der Waals surface area (Å²) >= 11 is 0. The van der Waals surface area contributed by atoms with E-state index in [9.17, 15) is 14.7 Å². The molecule has 3 amide bonds. The summed E-state index contributed by atoms with van der Waals surface area (Å²) in [5, 5.41) is 19.4. The van der Waals surface area contributed by atoms with Gasteiger partial charge in [-0.05, 0) is 36.5 Å². The van der Waals surface area contributed by atoms with Gasteiger partial charge in [-0.2, -0.15) is 5.10 Å². The van der Waals surface area contributed by atoms with Crippen molar-refractivity contribution in [1.29, 1.82) is 0 Å². The average molecular weight is 385 g/mol. The standard InChI is InChI=1S/C20H27N5O3/c1-13(2)14-5-4-6-15(11-14)21-19(27)17-12-18(23-24(17)3)22-20(28)25-9-7-16(26)8-10-25/h4-6,11-13,16,26H,7-10H2,1-3H3,(H,21,27)(H,22,23,28). The molecule has 8 nitrogen and oxygen atoms in total. The third-order valence-corrected chi connectivity index (χ3v) is 4.91. The number of urea groups is 1. The zero-order valence-corrected chi connectivity index (χ0v) is 16.5. The van der Waals surface area contributed by atoms with Crippen LogP contribution in [0.15, 0.2) is 30.3 Å². The quantitative estimate of drug-likeness (QED) is 0.753. The van der Waals surface area contributed by atoms with Crippen molar-refractivity contribution in [3.8, 4) is 0 Å². The average Bonchev–Trinajstić information content (AvgIpc) is 3.02. The van der Waals surface area contributed by atoms with Gasteiger partial charge in [0.05, 0.1) is 6.10 Å². The number of piperidine rings is 1. The highest BCUT2D eigenvalue weighted by Crippen LogP contribution is 2.20. The normalized spacial score (nSPS) is 15.0. The van der Waals surface area contributed by atoms with Gasteiger partial charge in [0.1, 0.15) is 5.69 Å². The number of rotatable bonds is 4. The summed E-state index contributed by atoms with van der Waals surface area (Å²) in [5.41, 5.74) is 2.21. The zero-order valence-electron chi connectivity index (χ0n) is 16.5. The fourth-order valence-electron chi connectivity index (χ4n) is 3.17. The van der Waals surface area contributed by atoms with E-state index in [4.69, 9.17) is 0 Å². The molecule has 1 aliphatic heterocycles. The van der Waals surface area contributed by atoms with Crippen molar-refractivity contribution in [3.63, 3.8) is 0 Å². The first kappa shape index (κ1) is 19.9. The van der Waals surface area contributed by atoms with Crippen LogP contribution in [0.25, 0.3) is 0 Å². The van der Waals surface area contributed by atoms with E-state index >= 15 is 0 Å². The number of aliphatic hydroxyl groups is 1. The summed E-state index contributed by atoms with van der Waals surface area (Å²) in [7, 11) is 1.66. The van der Waals surface area contributed by atoms with E-state index in [2.05, 4.69) is 29.6 Å². The van der Waals surface area contributed by atoms with Gasteiger partial charge in [-0.25, -0.2) is 4.79 Å². The molecular weight excluding hydrogens is 358 g/mol. The molecule has 2 aromatic rings. The van der Waals surface area contributed by atoms with E-state index in [1.807, 2.05) is 24.3 Å². The first-order chi connectivity index (χ1) is 13.3. The summed E-state index contributed by atoms with van der Waals surface area (Å²) in [4.78, 5) is 26.6. The zero-order chi connectivity index (χ0) is 20.3. The molecular formula is C20H27N5O3. The van der Waals surface area contributed by atoms with Crippen molar-refractivity contribution in [2.24, 2.45) is 7.05 Å². The minimum atomic E-state index is -0.344. The Morgan fingerprint density at radius 3 is 2.57 bits per heavy atom. The summed E-state index contributed by atoms with van der Waals surface area (Å²) < 4.78 is 1.44. The molecule has 0 unspecified atom stereocenters. The molecule has 0 aliphatic carbocycles. The van der Waals surface area contributed by atoms with Gasteiger partial charge >= 0.3 is 6.03 Å². The van der Waals surface area contributed by atoms with Crippen molar-refractivity contribution >= 4 is 23.4 Å². The molecule has 1 fully saturated rings. The maximum atomic E-state index is 12.6. The Morgan fingerprint density at radius 1 is 1.18 bits per heavy atom. The Hall–Kier alpha value is -2.87. The summed E-state index contributed by atoms with van der Waals surface area (Å²) in [6.07, 6.45) is 0.792. The van der Waals surface area contributed by atoms with Crippen LogP contribution >= 0.6 is 0 Å². The lowest BCUT2D eigenvalue weighted by atomic mass is 10.0. The third kappa shape index (κ3) is 4.69. The van der Waals surface area contributed by atoms with Crippen LogP contribution in [-0.2, 0) is 7.05 Å². The molecule has 150 valence electrons. The smallest absolute Gasteiger partial charge is 0.323 e. The lowest BCUT2D eigenvalue weighted by molar-refractivity contribution is 0.0970. The molecule has 8 heteroatoms. The SMILES string of the molecule is CC(C)c1cccc(NC(=O)c2cc(NC(=O)N3CCC(O)CC3)nn2C)c1. The molecule has 3 N–H and O–H groups in total. The number of carbonyl (C=O) groups excluding carboxylic acids is 2. The highest BCUT2D eigenvalue weighted by atomic mass is 16.3. The Kier molecular flexibility index (Phi) is 5.99. The highest BCUT2D eigenvalue weighted by molar-refractivity contribution is 6.04. The fourth-order valence-corrected chi connectivity index (χ4v) is 3.17. The Bertz CT molecular complexity index is 853. The van der Waals surface area contributed by atoms with Gasteiger partial charge in [-0.3, -0.25) is 14.8 Å². The van der Waals surface area contributed by atoms with Gasteiger partial charge in [0.15, 0.2) is 5.82 Å². The Balaban J connectivity index is 1.65. The van der Waals surface area contributed by atoms with Gasteiger partial charge in [0.25, 0.3) is 5.91 Å². The number of carbonyl (C=O) groups is 2. The van der Waals surface area contributed by atoms with Crippen LogP contribution < -0.4 is 10.6 Å². The van der Waals surface area contributed by atoms with Gasteiger partial charge in [0.2, 0.25) is 0 Å². The number of nitrogens with zero attached hydrogens (tertiary/aromatic N) is 3. The first-order valence-corrected chi connectivity index (χ1v) is 9.53. The second-order valence-corrected chi connectivity index (χ2v) is 7.42. The molecule has 0 saturated carbocycles. The number of anilines is 2. The lowest BCUT2D eigenvalue weighted by Crippen LogP contribution is -2.42. The van der Waals surface area contributed by atoms with Gasteiger partial charge in [0, 0.05) is 31.9 Å². The van der Waals surface area contributed by atoms with Gasteiger partial charge in [-0.1, -0.05) is 26.0 Å². The van der Waals surface area contributed by atoms with Crippen molar-refractivity contribution < 1.29 is 14.7 Å². The van der Waals surface area contributed by atoms with E-state index in [1.165, 1.54) is 4.68 Å². The molecule has 2 heterocycles. The number of aryl methyl sites for hydroxylation is 1. The number of benzene rings is 1. The van der Waals surface area contributed by atoms with Crippen LogP contribution in [0, 0.1) is 0 Å². The number of aliphatic hydroxyl groups excluding tert-OH is 1. The Morgan fingerprint density at radius 2 is 1.89 bits per heavy atom. The van der Waals surface area contributed by atoms with E-state index in [0.717, 1.165) is 11.3 Å². The van der Waals surface area contributed by atoms with Crippen LogP contribution in [0.1, 0.15) is 48.7 Å². The molecule has 1 aromatic carbocycles. The topological polar surface area (TPSA) is 99.5 Å². The molecule has 1 aliphatic rings. The molecule has 1 saturated heterocycles. The minimum absolute atomic E-state index is 0.276. The maximum absolute atomic E-state index is 12.6. The highest BCUT2D eigenvalue weighted by Gasteiger charge is 2.22. The predicted molar refractivity (Wildman–Crippen MR) is 108 cm³/mol. The molecule has 0 radical (unpaired) electrons.